The van der Waals surface area contributed by atoms with E-state index < -0.39 is 0 Å². The van der Waals surface area contributed by atoms with Gasteiger partial charge < -0.3 is 14.6 Å². The molecule has 1 aliphatic rings. The van der Waals surface area contributed by atoms with Crippen LogP contribution in [0.5, 0.6) is 0 Å². The van der Waals surface area contributed by atoms with Crippen LogP contribution in [0, 0.1) is 0 Å². The van der Waals surface area contributed by atoms with E-state index in [0.717, 1.165) is 22.8 Å². The van der Waals surface area contributed by atoms with E-state index in [1.54, 1.807) is 9.80 Å². The molecule has 2 amide bonds. The molecule has 0 spiro atoms. The van der Waals surface area contributed by atoms with Crippen molar-refractivity contribution in [3.8, 4) is 0 Å². The number of para-hydroxylation sites is 1. The van der Waals surface area contributed by atoms with Crippen LogP contribution in [0.2, 0.25) is 0 Å². The summed E-state index contributed by atoms with van der Waals surface area (Å²) in [5.41, 5.74) is 2.12. The Morgan fingerprint density at radius 2 is 1.95 bits per heavy atom. The standard InChI is InChI=1S/C16H19N3O2/c1-17-9-13-7-8-14(21-13)11-19-15-6-4-3-5-12(15)10-18(2)16(19)20/h3-8,17H,9-11H2,1-2H3. The highest BCUT2D eigenvalue weighted by Gasteiger charge is 2.28. The third-order valence-electron chi connectivity index (χ3n) is 3.63. The van der Waals surface area contributed by atoms with Gasteiger partial charge in [0, 0.05) is 13.6 Å². The van der Waals surface area contributed by atoms with Crippen molar-refractivity contribution in [2.24, 2.45) is 0 Å². The molecule has 0 saturated heterocycles. The van der Waals surface area contributed by atoms with Gasteiger partial charge in [0.25, 0.3) is 0 Å². The van der Waals surface area contributed by atoms with E-state index >= 15 is 0 Å². The fourth-order valence-electron chi connectivity index (χ4n) is 2.63. The van der Waals surface area contributed by atoms with E-state index in [1.807, 2.05) is 44.4 Å². The van der Waals surface area contributed by atoms with E-state index in [2.05, 4.69) is 11.4 Å². The summed E-state index contributed by atoms with van der Waals surface area (Å²) < 4.78 is 5.75. The molecule has 0 unspecified atom stereocenters. The molecule has 5 nitrogen and oxygen atoms in total. The minimum Gasteiger partial charge on any atom is -0.463 e. The van der Waals surface area contributed by atoms with Crippen molar-refractivity contribution in [1.82, 2.24) is 10.2 Å². The van der Waals surface area contributed by atoms with Crippen LogP contribution in [0.1, 0.15) is 17.1 Å². The maximum absolute atomic E-state index is 12.4. The molecular weight excluding hydrogens is 266 g/mol. The lowest BCUT2D eigenvalue weighted by atomic mass is 10.1. The number of furan rings is 1. The quantitative estimate of drug-likeness (QED) is 0.939. The Morgan fingerprint density at radius 3 is 2.76 bits per heavy atom. The summed E-state index contributed by atoms with van der Waals surface area (Å²) in [6.45, 7) is 1.78. The first kappa shape index (κ1) is 13.7. The molecule has 0 saturated carbocycles. The fourth-order valence-corrected chi connectivity index (χ4v) is 2.63. The van der Waals surface area contributed by atoms with Crippen molar-refractivity contribution in [2.45, 2.75) is 19.6 Å². The number of urea groups is 1. The average molecular weight is 285 g/mol. The first-order chi connectivity index (χ1) is 10.2. The largest absolute Gasteiger partial charge is 0.463 e. The summed E-state index contributed by atoms with van der Waals surface area (Å²) in [7, 11) is 3.70. The van der Waals surface area contributed by atoms with Gasteiger partial charge in [-0.15, -0.1) is 0 Å². The highest BCUT2D eigenvalue weighted by atomic mass is 16.3. The second-order valence-electron chi connectivity index (χ2n) is 5.25. The number of benzene rings is 1. The van der Waals surface area contributed by atoms with Gasteiger partial charge in [0.2, 0.25) is 0 Å². The Bertz CT molecular complexity index is 650. The van der Waals surface area contributed by atoms with Gasteiger partial charge in [0.1, 0.15) is 11.5 Å². The van der Waals surface area contributed by atoms with Crippen molar-refractivity contribution in [3.05, 3.63) is 53.5 Å². The molecule has 0 atom stereocenters. The fraction of sp³-hybridized carbons (Fsp3) is 0.312. The predicted octanol–water partition coefficient (Wildman–Crippen LogP) is 2.57. The number of carbonyl (C=O) groups is 1. The van der Waals surface area contributed by atoms with Crippen LogP contribution >= 0.6 is 0 Å². The maximum atomic E-state index is 12.4. The van der Waals surface area contributed by atoms with Crippen molar-refractivity contribution in [3.63, 3.8) is 0 Å². The highest BCUT2D eigenvalue weighted by Crippen LogP contribution is 2.29. The Labute approximate surface area is 124 Å². The van der Waals surface area contributed by atoms with E-state index in [1.165, 1.54) is 0 Å². The summed E-state index contributed by atoms with van der Waals surface area (Å²) in [4.78, 5) is 15.9. The van der Waals surface area contributed by atoms with Gasteiger partial charge in [0.15, 0.2) is 0 Å². The van der Waals surface area contributed by atoms with E-state index in [-0.39, 0.29) is 6.03 Å². The molecule has 1 aromatic carbocycles. The third kappa shape index (κ3) is 2.64. The van der Waals surface area contributed by atoms with Crippen LogP contribution < -0.4 is 10.2 Å². The lowest BCUT2D eigenvalue weighted by molar-refractivity contribution is 0.209. The van der Waals surface area contributed by atoms with Gasteiger partial charge in [-0.1, -0.05) is 18.2 Å². The van der Waals surface area contributed by atoms with Crippen LogP contribution in [0.3, 0.4) is 0 Å². The molecular formula is C16H19N3O2. The maximum Gasteiger partial charge on any atom is 0.324 e. The molecule has 2 heterocycles. The number of nitrogens with zero attached hydrogens (tertiary/aromatic N) is 2. The number of fused-ring (bicyclic) bond motifs is 1. The van der Waals surface area contributed by atoms with Crippen molar-refractivity contribution >= 4 is 11.7 Å². The molecule has 3 rings (SSSR count). The van der Waals surface area contributed by atoms with Crippen LogP contribution in [0.25, 0.3) is 0 Å². The molecule has 1 aromatic heterocycles. The zero-order valence-electron chi connectivity index (χ0n) is 12.3. The number of nitrogens with one attached hydrogen (secondary N) is 1. The Balaban J connectivity index is 1.87. The molecule has 2 aromatic rings. The third-order valence-corrected chi connectivity index (χ3v) is 3.63. The number of rotatable bonds is 4. The van der Waals surface area contributed by atoms with Crippen molar-refractivity contribution in [1.29, 1.82) is 0 Å². The Morgan fingerprint density at radius 1 is 1.19 bits per heavy atom. The van der Waals surface area contributed by atoms with Gasteiger partial charge in [-0.25, -0.2) is 4.79 Å². The van der Waals surface area contributed by atoms with Crippen LogP contribution in [-0.2, 0) is 19.6 Å². The SMILES string of the molecule is CNCc1ccc(CN2C(=O)N(C)Cc3ccccc32)o1. The number of amides is 2. The normalized spacial score (nSPS) is 14.5. The van der Waals surface area contributed by atoms with Crippen molar-refractivity contribution < 1.29 is 9.21 Å². The molecule has 0 aliphatic carbocycles. The molecule has 1 N–H and O–H groups in total. The van der Waals surface area contributed by atoms with Gasteiger partial charge in [-0.05, 0) is 30.8 Å². The molecule has 110 valence electrons. The molecule has 0 fully saturated rings. The monoisotopic (exact) mass is 285 g/mol. The van der Waals surface area contributed by atoms with Crippen LogP contribution in [0.4, 0.5) is 10.5 Å². The highest BCUT2D eigenvalue weighted by molar-refractivity contribution is 5.94. The van der Waals surface area contributed by atoms with Gasteiger partial charge in [0.05, 0.1) is 18.8 Å². The predicted molar refractivity (Wildman–Crippen MR) is 81.0 cm³/mol. The summed E-state index contributed by atoms with van der Waals surface area (Å²) in [5, 5.41) is 3.05. The number of carbonyl (C=O) groups excluding carboxylic acids is 1. The molecule has 0 bridgehead atoms. The minimum atomic E-state index is 0.000247. The first-order valence-electron chi connectivity index (χ1n) is 7.02. The molecule has 0 radical (unpaired) electrons. The van der Waals surface area contributed by atoms with Crippen LogP contribution in [-0.4, -0.2) is 25.0 Å². The zero-order valence-corrected chi connectivity index (χ0v) is 12.3. The minimum absolute atomic E-state index is 0.000247. The summed E-state index contributed by atoms with van der Waals surface area (Å²) in [5.74, 6) is 1.66. The summed E-state index contributed by atoms with van der Waals surface area (Å²) in [6, 6.07) is 11.9. The van der Waals surface area contributed by atoms with E-state index in [0.29, 0.717) is 19.6 Å². The second-order valence-corrected chi connectivity index (χ2v) is 5.25. The zero-order chi connectivity index (χ0) is 14.8. The van der Waals surface area contributed by atoms with Gasteiger partial charge >= 0.3 is 6.03 Å². The van der Waals surface area contributed by atoms with Gasteiger partial charge in [-0.3, -0.25) is 4.90 Å². The lowest BCUT2D eigenvalue weighted by Crippen LogP contribution is -2.44. The van der Waals surface area contributed by atoms with Gasteiger partial charge in [-0.2, -0.15) is 0 Å². The van der Waals surface area contributed by atoms with Crippen LogP contribution in [0.15, 0.2) is 40.8 Å². The summed E-state index contributed by atoms with van der Waals surface area (Å²) in [6.07, 6.45) is 0. The smallest absolute Gasteiger partial charge is 0.324 e. The number of anilines is 1. The molecule has 5 heteroatoms. The lowest BCUT2D eigenvalue weighted by Gasteiger charge is -2.34. The first-order valence-corrected chi connectivity index (χ1v) is 7.02. The number of hydrogen-bond donors (Lipinski definition) is 1. The second kappa shape index (κ2) is 5.61. The van der Waals surface area contributed by atoms with E-state index in [9.17, 15) is 4.79 Å². The number of hydrogen-bond acceptors (Lipinski definition) is 3. The molecule has 1 aliphatic heterocycles. The average Bonchev–Trinajstić information content (AvgIpc) is 2.92. The van der Waals surface area contributed by atoms with E-state index in [4.69, 9.17) is 4.42 Å². The Hall–Kier alpha value is -2.27. The Kier molecular flexibility index (Phi) is 3.66. The summed E-state index contributed by atoms with van der Waals surface area (Å²) >= 11 is 0. The van der Waals surface area contributed by atoms with Crippen molar-refractivity contribution in [2.75, 3.05) is 19.0 Å². The molecule has 21 heavy (non-hydrogen) atoms. The topological polar surface area (TPSA) is 48.7 Å².